The molecule has 4 N–H and O–H groups in total. The highest BCUT2D eigenvalue weighted by Crippen LogP contribution is 2.38. The van der Waals surface area contributed by atoms with E-state index in [1.54, 1.807) is 0 Å². The molecule has 3 aliphatic heterocycles. The lowest BCUT2D eigenvalue weighted by atomic mass is 9.81. The Balaban J connectivity index is 1.40. The average molecular weight is 422 g/mol. The van der Waals surface area contributed by atoms with Gasteiger partial charge in [-0.05, 0) is 38.4 Å². The van der Waals surface area contributed by atoms with Gasteiger partial charge in [0, 0.05) is 62.5 Å². The number of nitriles is 1. The minimum atomic E-state index is 0.0768. The van der Waals surface area contributed by atoms with Gasteiger partial charge in [0.2, 0.25) is 0 Å². The molecular formula is C22H31N9. The van der Waals surface area contributed by atoms with Gasteiger partial charge < -0.3 is 15.5 Å². The molecule has 5 heterocycles. The zero-order valence-corrected chi connectivity index (χ0v) is 18.0. The van der Waals surface area contributed by atoms with E-state index in [0.717, 1.165) is 63.6 Å². The summed E-state index contributed by atoms with van der Waals surface area (Å²) in [5, 5.41) is 21.2. The number of anilines is 1. The zero-order valence-electron chi connectivity index (χ0n) is 18.0. The largest absolute Gasteiger partial charge is 0.355 e. The van der Waals surface area contributed by atoms with Gasteiger partial charge in [0.05, 0.1) is 29.6 Å². The number of aromatic nitrogens is 3. The molecule has 2 aromatic rings. The predicted octanol–water partition coefficient (Wildman–Crippen LogP) is 0.838. The van der Waals surface area contributed by atoms with Crippen molar-refractivity contribution in [3.8, 4) is 6.07 Å². The van der Waals surface area contributed by atoms with Crippen LogP contribution in [0.2, 0.25) is 0 Å². The third kappa shape index (κ3) is 4.16. The summed E-state index contributed by atoms with van der Waals surface area (Å²) in [5.74, 6) is 1.30. The minimum absolute atomic E-state index is 0.0768. The monoisotopic (exact) mass is 421 g/mol. The molecule has 0 bridgehead atoms. The molecule has 0 spiro atoms. The molecule has 3 aliphatic rings. The number of hydrogen-bond donors (Lipinski definition) is 4. The fourth-order valence-electron chi connectivity index (χ4n) is 5.05. The second-order valence-corrected chi connectivity index (χ2v) is 8.70. The molecule has 31 heavy (non-hydrogen) atoms. The Morgan fingerprint density at radius 1 is 1.23 bits per heavy atom. The average Bonchev–Trinajstić information content (AvgIpc) is 3.37. The van der Waals surface area contributed by atoms with E-state index >= 15 is 0 Å². The summed E-state index contributed by atoms with van der Waals surface area (Å²) < 4.78 is 1.98. The Bertz CT molecular complexity index is 941. The normalized spacial score (nSPS) is 28.7. The van der Waals surface area contributed by atoms with Crippen molar-refractivity contribution in [1.82, 2.24) is 36.2 Å². The van der Waals surface area contributed by atoms with Crippen LogP contribution in [-0.4, -0.2) is 53.5 Å². The van der Waals surface area contributed by atoms with E-state index in [0.29, 0.717) is 17.5 Å². The summed E-state index contributed by atoms with van der Waals surface area (Å²) >= 11 is 0. The van der Waals surface area contributed by atoms with Gasteiger partial charge in [-0.25, -0.2) is 10.4 Å². The highest BCUT2D eigenvalue weighted by Gasteiger charge is 2.42. The molecule has 9 heteroatoms. The van der Waals surface area contributed by atoms with Gasteiger partial charge in [0.15, 0.2) is 0 Å². The molecule has 0 radical (unpaired) electrons. The maximum atomic E-state index is 9.67. The van der Waals surface area contributed by atoms with Gasteiger partial charge in [0.1, 0.15) is 5.82 Å². The summed E-state index contributed by atoms with van der Waals surface area (Å²) in [5.41, 5.74) is 9.82. The number of nitrogens with one attached hydrogen (secondary N) is 4. The molecule has 5 rings (SSSR count). The molecular weight excluding hydrogens is 390 g/mol. The van der Waals surface area contributed by atoms with Crippen molar-refractivity contribution in [3.05, 3.63) is 41.3 Å². The molecule has 4 unspecified atom stereocenters. The maximum absolute atomic E-state index is 9.67. The van der Waals surface area contributed by atoms with Crippen LogP contribution in [0.3, 0.4) is 0 Å². The van der Waals surface area contributed by atoms with E-state index in [2.05, 4.69) is 50.7 Å². The van der Waals surface area contributed by atoms with Crippen LogP contribution in [-0.2, 0) is 6.54 Å². The Labute approximate surface area is 183 Å². The summed E-state index contributed by atoms with van der Waals surface area (Å²) in [6, 6.07) is 6.92. The lowest BCUT2D eigenvalue weighted by molar-refractivity contribution is 0.265. The highest BCUT2D eigenvalue weighted by molar-refractivity contribution is 5.47. The lowest BCUT2D eigenvalue weighted by Crippen LogP contribution is -2.46. The van der Waals surface area contributed by atoms with Crippen LogP contribution in [0.5, 0.6) is 0 Å². The molecule has 3 saturated heterocycles. The first kappa shape index (κ1) is 20.4. The highest BCUT2D eigenvalue weighted by atomic mass is 15.4. The number of hydrazine groups is 1. The fourth-order valence-corrected chi connectivity index (χ4v) is 5.05. The second-order valence-electron chi connectivity index (χ2n) is 8.70. The van der Waals surface area contributed by atoms with Crippen LogP contribution in [0.1, 0.15) is 48.7 Å². The smallest absolute Gasteiger partial charge is 0.130 e. The van der Waals surface area contributed by atoms with E-state index < -0.39 is 0 Å². The van der Waals surface area contributed by atoms with Gasteiger partial charge in [0.25, 0.3) is 0 Å². The van der Waals surface area contributed by atoms with E-state index in [1.165, 1.54) is 5.56 Å². The van der Waals surface area contributed by atoms with E-state index in [1.807, 2.05) is 23.0 Å². The van der Waals surface area contributed by atoms with Crippen LogP contribution in [0, 0.1) is 17.2 Å². The standard InChI is InChI=1S/C22H31N9/c1-2-31-14-16(12-26-31)18-10-17-20(13-25-18)28-29-22(17)19-8-15(11-23)9-21(27-19)30-6-3-4-24-5-7-30/h8-9,12,14,17-18,20,22,24-25,28-29H,2-7,10,13H2,1H3. The maximum Gasteiger partial charge on any atom is 0.130 e. The van der Waals surface area contributed by atoms with Crippen molar-refractivity contribution >= 4 is 5.82 Å². The molecule has 2 aromatic heterocycles. The molecule has 9 nitrogen and oxygen atoms in total. The van der Waals surface area contributed by atoms with Crippen LogP contribution in [0.25, 0.3) is 0 Å². The number of piperidine rings is 1. The summed E-state index contributed by atoms with van der Waals surface area (Å²) in [4.78, 5) is 7.34. The first-order chi connectivity index (χ1) is 15.2. The second kappa shape index (κ2) is 8.93. The van der Waals surface area contributed by atoms with E-state index in [4.69, 9.17) is 4.98 Å². The number of fused-ring (bicyclic) bond motifs is 1. The molecule has 4 atom stereocenters. The van der Waals surface area contributed by atoms with E-state index in [9.17, 15) is 5.26 Å². The van der Waals surface area contributed by atoms with Gasteiger partial charge >= 0.3 is 0 Å². The number of aryl methyl sites for hydroxylation is 1. The SMILES string of the molecule is CCn1cc(C2CC3C(CN2)NNC3c2cc(C#N)cc(N3CCCNCC3)n2)cn1. The summed E-state index contributed by atoms with van der Waals surface area (Å²) in [6.45, 7) is 7.72. The van der Waals surface area contributed by atoms with Crippen molar-refractivity contribution in [2.75, 3.05) is 37.6 Å². The lowest BCUT2D eigenvalue weighted by Gasteiger charge is -2.34. The zero-order chi connectivity index (χ0) is 21.2. The first-order valence-electron chi connectivity index (χ1n) is 11.4. The van der Waals surface area contributed by atoms with Gasteiger partial charge in [-0.1, -0.05) is 0 Å². The van der Waals surface area contributed by atoms with Gasteiger partial charge in [-0.15, -0.1) is 0 Å². The first-order valence-corrected chi connectivity index (χ1v) is 11.4. The van der Waals surface area contributed by atoms with Crippen molar-refractivity contribution in [2.24, 2.45) is 5.92 Å². The molecule has 0 aliphatic carbocycles. The van der Waals surface area contributed by atoms with Gasteiger partial charge in [-0.3, -0.25) is 10.1 Å². The third-order valence-corrected chi connectivity index (χ3v) is 6.78. The number of nitrogens with zero attached hydrogens (tertiary/aromatic N) is 5. The quantitative estimate of drug-likeness (QED) is 0.576. The molecule has 164 valence electrons. The minimum Gasteiger partial charge on any atom is -0.355 e. The Morgan fingerprint density at radius 3 is 3.00 bits per heavy atom. The molecule has 3 fully saturated rings. The van der Waals surface area contributed by atoms with Crippen molar-refractivity contribution in [1.29, 1.82) is 5.26 Å². The van der Waals surface area contributed by atoms with Crippen molar-refractivity contribution < 1.29 is 0 Å². The van der Waals surface area contributed by atoms with Crippen LogP contribution >= 0.6 is 0 Å². The molecule has 0 aromatic carbocycles. The van der Waals surface area contributed by atoms with Crippen molar-refractivity contribution in [2.45, 2.75) is 44.4 Å². The Morgan fingerprint density at radius 2 is 2.16 bits per heavy atom. The molecule has 0 amide bonds. The topological polar surface area (TPSA) is 106 Å². The third-order valence-electron chi connectivity index (χ3n) is 6.78. The Hall–Kier alpha value is -2.51. The Kier molecular flexibility index (Phi) is 5.87. The van der Waals surface area contributed by atoms with Crippen LogP contribution in [0.4, 0.5) is 5.82 Å². The molecule has 0 saturated carbocycles. The van der Waals surface area contributed by atoms with E-state index in [-0.39, 0.29) is 12.1 Å². The summed E-state index contributed by atoms with van der Waals surface area (Å²) in [7, 11) is 0. The number of hydrogen-bond acceptors (Lipinski definition) is 8. The summed E-state index contributed by atoms with van der Waals surface area (Å²) in [6.07, 6.45) is 6.20. The number of pyridine rings is 1. The van der Waals surface area contributed by atoms with Gasteiger partial charge in [-0.2, -0.15) is 10.4 Å². The predicted molar refractivity (Wildman–Crippen MR) is 118 cm³/mol. The fraction of sp³-hybridized carbons (Fsp3) is 0.591. The van der Waals surface area contributed by atoms with Crippen molar-refractivity contribution in [3.63, 3.8) is 0 Å². The van der Waals surface area contributed by atoms with Crippen LogP contribution in [0.15, 0.2) is 24.5 Å². The number of rotatable bonds is 4. The van der Waals surface area contributed by atoms with Crippen LogP contribution < -0.4 is 26.4 Å².